The lowest BCUT2D eigenvalue weighted by atomic mass is 10.2. The lowest BCUT2D eigenvalue weighted by Gasteiger charge is -2.13. The first-order chi connectivity index (χ1) is 8.71. The molecule has 1 atom stereocenters. The zero-order valence-corrected chi connectivity index (χ0v) is 11.8. The molecular weight excluding hydrogens is 299 g/mol. The number of hydrogen-bond acceptors (Lipinski definition) is 4. The van der Waals surface area contributed by atoms with Crippen molar-refractivity contribution in [1.29, 1.82) is 0 Å². The minimum atomic E-state index is -4.06. The van der Waals surface area contributed by atoms with Gasteiger partial charge in [-0.3, -0.25) is 0 Å². The number of sulfone groups is 1. The number of carboxylic acids is 1. The monoisotopic (exact) mass is 310 g/mol. The van der Waals surface area contributed by atoms with E-state index in [0.717, 1.165) is 12.1 Å². The number of aromatic carboxylic acids is 1. The molecule has 1 aromatic carbocycles. The number of ether oxygens (including phenoxy) is 1. The Kier molecular flexibility index (Phi) is 4.89. The Morgan fingerprint density at radius 3 is 2.58 bits per heavy atom. The van der Waals surface area contributed by atoms with Crippen LogP contribution in [0.25, 0.3) is 0 Å². The Labute approximate surface area is 114 Å². The van der Waals surface area contributed by atoms with E-state index in [9.17, 15) is 17.6 Å². The van der Waals surface area contributed by atoms with Crippen LogP contribution in [-0.4, -0.2) is 38.5 Å². The van der Waals surface area contributed by atoms with Crippen molar-refractivity contribution in [3.8, 4) is 0 Å². The Balaban J connectivity index is 3.47. The number of rotatable bonds is 5. The molecule has 5 nitrogen and oxygen atoms in total. The molecule has 0 saturated heterocycles. The van der Waals surface area contributed by atoms with Crippen LogP contribution in [-0.2, 0) is 14.6 Å². The molecule has 0 saturated carbocycles. The maximum atomic E-state index is 13.9. The summed E-state index contributed by atoms with van der Waals surface area (Å²) in [6.07, 6.45) is 0. The summed E-state index contributed by atoms with van der Waals surface area (Å²) < 4.78 is 42.8. The van der Waals surface area contributed by atoms with Crippen LogP contribution in [0.15, 0.2) is 17.0 Å². The number of hydrogen-bond donors (Lipinski definition) is 1. The Bertz CT molecular complexity index is 599. The van der Waals surface area contributed by atoms with E-state index < -0.39 is 37.3 Å². The van der Waals surface area contributed by atoms with Gasteiger partial charge in [-0.1, -0.05) is 11.6 Å². The highest BCUT2D eigenvalue weighted by atomic mass is 35.5. The van der Waals surface area contributed by atoms with Gasteiger partial charge in [0.25, 0.3) is 0 Å². The molecule has 1 rings (SSSR count). The lowest BCUT2D eigenvalue weighted by Crippen LogP contribution is -2.24. The van der Waals surface area contributed by atoms with Crippen molar-refractivity contribution in [3.05, 3.63) is 28.5 Å². The van der Waals surface area contributed by atoms with Crippen molar-refractivity contribution >= 4 is 27.4 Å². The van der Waals surface area contributed by atoms with Crippen LogP contribution in [0.4, 0.5) is 4.39 Å². The van der Waals surface area contributed by atoms with Gasteiger partial charge in [0, 0.05) is 12.1 Å². The number of carboxylic acid groups (broad SMARTS) is 1. The summed E-state index contributed by atoms with van der Waals surface area (Å²) in [5, 5.41) is 7.62. The largest absolute Gasteiger partial charge is 0.478 e. The summed E-state index contributed by atoms with van der Waals surface area (Å²) in [6.45, 7) is 1.19. The third-order valence-electron chi connectivity index (χ3n) is 2.47. The highest BCUT2D eigenvalue weighted by Gasteiger charge is 2.29. The standard InChI is InChI=1S/C11H12ClFO5S/c1-6(5-18-2)19(16,17)9-4-7(12)3-8(10(9)13)11(14)15/h3-4,6H,5H2,1-2H3,(H,14,15). The predicted molar refractivity (Wildman–Crippen MR) is 66.9 cm³/mol. The predicted octanol–water partition coefficient (Wildman–Crippen LogP) is 1.99. The van der Waals surface area contributed by atoms with Gasteiger partial charge in [-0.25, -0.2) is 17.6 Å². The van der Waals surface area contributed by atoms with Crippen LogP contribution in [0.1, 0.15) is 17.3 Å². The second kappa shape index (κ2) is 5.85. The first-order valence-corrected chi connectivity index (χ1v) is 7.09. The molecule has 19 heavy (non-hydrogen) atoms. The molecule has 1 unspecified atom stereocenters. The second-order valence-electron chi connectivity index (χ2n) is 3.88. The molecule has 0 aromatic heterocycles. The van der Waals surface area contributed by atoms with Gasteiger partial charge in [-0.2, -0.15) is 0 Å². The number of halogens is 2. The third kappa shape index (κ3) is 3.23. The molecule has 0 spiro atoms. The summed E-state index contributed by atoms with van der Waals surface area (Å²) in [4.78, 5) is 10.1. The van der Waals surface area contributed by atoms with Gasteiger partial charge < -0.3 is 9.84 Å². The van der Waals surface area contributed by atoms with Crippen LogP contribution >= 0.6 is 11.6 Å². The molecule has 0 aliphatic heterocycles. The maximum Gasteiger partial charge on any atom is 0.338 e. The van der Waals surface area contributed by atoms with E-state index in [0.29, 0.717) is 0 Å². The first kappa shape index (κ1) is 15.9. The maximum absolute atomic E-state index is 13.9. The molecule has 0 bridgehead atoms. The molecule has 0 amide bonds. The van der Waals surface area contributed by atoms with Crippen molar-refractivity contribution in [2.75, 3.05) is 13.7 Å². The number of methoxy groups -OCH3 is 1. The van der Waals surface area contributed by atoms with E-state index >= 15 is 0 Å². The van der Waals surface area contributed by atoms with Crippen LogP contribution < -0.4 is 0 Å². The summed E-state index contributed by atoms with van der Waals surface area (Å²) in [5.41, 5.74) is -0.782. The van der Waals surface area contributed by atoms with Crippen molar-refractivity contribution in [2.45, 2.75) is 17.1 Å². The number of carbonyl (C=O) groups is 1. The molecule has 106 valence electrons. The quantitative estimate of drug-likeness (QED) is 0.899. The van der Waals surface area contributed by atoms with Gasteiger partial charge in [0.15, 0.2) is 15.7 Å². The molecule has 0 radical (unpaired) electrons. The van der Waals surface area contributed by atoms with E-state index in [1.807, 2.05) is 0 Å². The second-order valence-corrected chi connectivity index (χ2v) is 6.65. The Morgan fingerprint density at radius 2 is 2.11 bits per heavy atom. The van der Waals surface area contributed by atoms with Crippen LogP contribution in [0, 0.1) is 5.82 Å². The minimum absolute atomic E-state index is 0.142. The molecule has 8 heteroatoms. The molecular formula is C11H12ClFO5S. The van der Waals surface area contributed by atoms with E-state index in [-0.39, 0.29) is 11.6 Å². The molecule has 0 heterocycles. The average molecular weight is 311 g/mol. The summed E-state index contributed by atoms with van der Waals surface area (Å²) in [5.74, 6) is -2.91. The SMILES string of the molecule is COCC(C)S(=O)(=O)c1cc(Cl)cc(C(=O)O)c1F. The van der Waals surface area contributed by atoms with Crippen molar-refractivity contribution in [1.82, 2.24) is 0 Å². The van der Waals surface area contributed by atoms with Crippen LogP contribution in [0.2, 0.25) is 5.02 Å². The fourth-order valence-electron chi connectivity index (χ4n) is 1.47. The zero-order valence-electron chi connectivity index (χ0n) is 10.2. The topological polar surface area (TPSA) is 80.7 Å². The van der Waals surface area contributed by atoms with Crippen LogP contribution in [0.3, 0.4) is 0 Å². The minimum Gasteiger partial charge on any atom is -0.478 e. The summed E-state index contributed by atoms with van der Waals surface area (Å²) in [6, 6.07) is 1.75. The normalized spacial score (nSPS) is 13.3. The highest BCUT2D eigenvalue weighted by molar-refractivity contribution is 7.92. The van der Waals surface area contributed by atoms with E-state index in [1.165, 1.54) is 14.0 Å². The van der Waals surface area contributed by atoms with Crippen LogP contribution in [0.5, 0.6) is 0 Å². The van der Waals surface area contributed by atoms with Gasteiger partial charge in [0.05, 0.1) is 17.4 Å². The summed E-state index contributed by atoms with van der Waals surface area (Å²) >= 11 is 5.63. The van der Waals surface area contributed by atoms with Gasteiger partial charge >= 0.3 is 5.97 Å². The zero-order chi connectivity index (χ0) is 14.8. The molecule has 0 aliphatic carbocycles. The first-order valence-electron chi connectivity index (χ1n) is 5.17. The molecule has 0 aliphatic rings. The van der Waals surface area contributed by atoms with E-state index in [1.54, 1.807) is 0 Å². The van der Waals surface area contributed by atoms with Gasteiger partial charge in [-0.15, -0.1) is 0 Å². The van der Waals surface area contributed by atoms with Crippen molar-refractivity contribution < 1.29 is 27.4 Å². The molecule has 1 aromatic rings. The third-order valence-corrected chi connectivity index (χ3v) is 4.80. The Hall–Kier alpha value is -1.18. The summed E-state index contributed by atoms with van der Waals surface area (Å²) in [7, 11) is -2.75. The number of benzene rings is 1. The highest BCUT2D eigenvalue weighted by Crippen LogP contribution is 2.26. The van der Waals surface area contributed by atoms with Gasteiger partial charge in [0.2, 0.25) is 0 Å². The van der Waals surface area contributed by atoms with E-state index in [2.05, 4.69) is 0 Å². The van der Waals surface area contributed by atoms with Gasteiger partial charge in [-0.05, 0) is 19.1 Å². The van der Waals surface area contributed by atoms with Gasteiger partial charge in [0.1, 0.15) is 4.90 Å². The Morgan fingerprint density at radius 1 is 1.53 bits per heavy atom. The van der Waals surface area contributed by atoms with E-state index in [4.69, 9.17) is 21.4 Å². The average Bonchev–Trinajstić information content (AvgIpc) is 2.31. The molecule has 1 N–H and O–H groups in total. The smallest absolute Gasteiger partial charge is 0.338 e. The van der Waals surface area contributed by atoms with Crippen molar-refractivity contribution in [2.24, 2.45) is 0 Å². The fraction of sp³-hybridized carbons (Fsp3) is 0.364. The lowest BCUT2D eigenvalue weighted by molar-refractivity contribution is 0.0691. The molecule has 0 fully saturated rings. The fourth-order valence-corrected chi connectivity index (χ4v) is 3.15. The van der Waals surface area contributed by atoms with Crippen molar-refractivity contribution in [3.63, 3.8) is 0 Å².